The van der Waals surface area contributed by atoms with Gasteiger partial charge in [-0.2, -0.15) is 11.8 Å². The number of anilines is 1. The number of nitrogens with zero attached hydrogens (tertiary/aromatic N) is 1. The molecule has 0 radical (unpaired) electrons. The summed E-state index contributed by atoms with van der Waals surface area (Å²) in [5, 5.41) is 2.83. The second-order valence-corrected chi connectivity index (χ2v) is 9.66. The highest BCUT2D eigenvalue weighted by Crippen LogP contribution is 2.24. The SMILES string of the molecule is O=C(NCCSCc1ccccc1F)c1cccc(N2CCCCS2(=O)=O)c1. The van der Waals surface area contributed by atoms with Crippen molar-refractivity contribution in [2.45, 2.75) is 18.6 Å². The van der Waals surface area contributed by atoms with Gasteiger partial charge in [0, 0.05) is 30.2 Å². The number of carbonyl (C=O) groups is 1. The van der Waals surface area contributed by atoms with Crippen molar-refractivity contribution in [1.29, 1.82) is 0 Å². The monoisotopic (exact) mass is 422 g/mol. The van der Waals surface area contributed by atoms with Gasteiger partial charge < -0.3 is 5.32 Å². The van der Waals surface area contributed by atoms with Gasteiger partial charge in [-0.15, -0.1) is 0 Å². The quantitative estimate of drug-likeness (QED) is 0.695. The molecule has 0 aromatic heterocycles. The largest absolute Gasteiger partial charge is 0.351 e. The van der Waals surface area contributed by atoms with Crippen LogP contribution >= 0.6 is 11.8 Å². The highest BCUT2D eigenvalue weighted by atomic mass is 32.2. The molecular weight excluding hydrogens is 399 g/mol. The molecule has 0 unspecified atom stereocenters. The van der Waals surface area contributed by atoms with Crippen molar-refractivity contribution in [3.05, 3.63) is 65.5 Å². The Labute approximate surface area is 169 Å². The summed E-state index contributed by atoms with van der Waals surface area (Å²) >= 11 is 1.54. The van der Waals surface area contributed by atoms with E-state index in [4.69, 9.17) is 0 Å². The smallest absolute Gasteiger partial charge is 0.251 e. The highest BCUT2D eigenvalue weighted by Gasteiger charge is 2.26. The minimum Gasteiger partial charge on any atom is -0.351 e. The van der Waals surface area contributed by atoms with Gasteiger partial charge in [-0.1, -0.05) is 24.3 Å². The van der Waals surface area contributed by atoms with E-state index in [1.54, 1.807) is 54.2 Å². The fourth-order valence-corrected chi connectivity index (χ4v) is 5.49. The summed E-state index contributed by atoms with van der Waals surface area (Å²) < 4.78 is 39.4. The molecule has 0 saturated carbocycles. The third-order valence-electron chi connectivity index (χ3n) is 4.49. The fraction of sp³-hybridized carbons (Fsp3) is 0.350. The van der Waals surface area contributed by atoms with Crippen LogP contribution in [0.3, 0.4) is 0 Å². The lowest BCUT2D eigenvalue weighted by Crippen LogP contribution is -2.38. The van der Waals surface area contributed by atoms with Gasteiger partial charge in [0.2, 0.25) is 10.0 Å². The molecule has 2 aromatic carbocycles. The summed E-state index contributed by atoms with van der Waals surface area (Å²) in [7, 11) is -3.31. The Hall–Kier alpha value is -2.06. The molecular formula is C20H23FN2O3S2. The van der Waals surface area contributed by atoms with Crippen LogP contribution in [0.15, 0.2) is 48.5 Å². The molecule has 1 N–H and O–H groups in total. The van der Waals surface area contributed by atoms with Crippen molar-refractivity contribution in [1.82, 2.24) is 5.32 Å². The van der Waals surface area contributed by atoms with E-state index in [0.29, 0.717) is 47.8 Å². The first kappa shape index (κ1) is 20.7. The second kappa shape index (κ2) is 9.43. The van der Waals surface area contributed by atoms with E-state index >= 15 is 0 Å². The fourth-order valence-electron chi connectivity index (χ4n) is 3.02. The zero-order valence-corrected chi connectivity index (χ0v) is 17.1. The van der Waals surface area contributed by atoms with Crippen LogP contribution in [0.5, 0.6) is 0 Å². The van der Waals surface area contributed by atoms with Gasteiger partial charge in [-0.05, 0) is 42.7 Å². The lowest BCUT2D eigenvalue weighted by molar-refractivity contribution is 0.0956. The van der Waals surface area contributed by atoms with Crippen molar-refractivity contribution in [3.8, 4) is 0 Å². The number of nitrogens with one attached hydrogen (secondary N) is 1. The number of amides is 1. The molecule has 3 rings (SSSR count). The molecule has 0 bridgehead atoms. The number of benzene rings is 2. The minimum absolute atomic E-state index is 0.142. The van der Waals surface area contributed by atoms with E-state index in [-0.39, 0.29) is 17.5 Å². The summed E-state index contributed by atoms with van der Waals surface area (Å²) in [5.41, 5.74) is 1.60. The number of thioether (sulfide) groups is 1. The van der Waals surface area contributed by atoms with Gasteiger partial charge in [0.25, 0.3) is 5.91 Å². The van der Waals surface area contributed by atoms with E-state index in [1.165, 1.54) is 10.4 Å². The van der Waals surface area contributed by atoms with Crippen LogP contribution in [0.1, 0.15) is 28.8 Å². The number of halogens is 1. The highest BCUT2D eigenvalue weighted by molar-refractivity contribution is 7.98. The molecule has 1 saturated heterocycles. The van der Waals surface area contributed by atoms with Gasteiger partial charge in [0.1, 0.15) is 5.82 Å². The van der Waals surface area contributed by atoms with Crippen LogP contribution in [0.25, 0.3) is 0 Å². The van der Waals surface area contributed by atoms with Crippen LogP contribution in [0, 0.1) is 5.82 Å². The van der Waals surface area contributed by atoms with E-state index in [0.717, 1.165) is 6.42 Å². The molecule has 1 heterocycles. The van der Waals surface area contributed by atoms with Crippen molar-refractivity contribution < 1.29 is 17.6 Å². The van der Waals surface area contributed by atoms with Crippen molar-refractivity contribution in [2.75, 3.05) is 28.9 Å². The molecule has 0 aliphatic carbocycles. The Balaban J connectivity index is 1.51. The Morgan fingerprint density at radius 3 is 2.75 bits per heavy atom. The molecule has 28 heavy (non-hydrogen) atoms. The zero-order valence-electron chi connectivity index (χ0n) is 15.4. The minimum atomic E-state index is -3.31. The summed E-state index contributed by atoms with van der Waals surface area (Å²) in [6, 6.07) is 13.3. The molecule has 0 spiro atoms. The van der Waals surface area contributed by atoms with Crippen LogP contribution < -0.4 is 9.62 Å². The van der Waals surface area contributed by atoms with Gasteiger partial charge in [-0.3, -0.25) is 9.10 Å². The van der Waals surface area contributed by atoms with Crippen LogP contribution in [0.4, 0.5) is 10.1 Å². The van der Waals surface area contributed by atoms with Crippen LogP contribution in [-0.2, 0) is 15.8 Å². The summed E-state index contributed by atoms with van der Waals surface area (Å²) in [6.45, 7) is 0.893. The third kappa shape index (κ3) is 5.26. The Bertz CT molecular complexity index is 935. The van der Waals surface area contributed by atoms with Gasteiger partial charge >= 0.3 is 0 Å². The molecule has 150 valence electrons. The van der Waals surface area contributed by atoms with Gasteiger partial charge in [-0.25, -0.2) is 12.8 Å². The first-order chi connectivity index (χ1) is 13.5. The molecule has 5 nitrogen and oxygen atoms in total. The van der Waals surface area contributed by atoms with Crippen molar-refractivity contribution in [2.24, 2.45) is 0 Å². The first-order valence-corrected chi connectivity index (χ1v) is 11.9. The van der Waals surface area contributed by atoms with E-state index in [9.17, 15) is 17.6 Å². The maximum atomic E-state index is 13.6. The number of rotatable bonds is 7. The molecule has 2 aromatic rings. The number of hydrogen-bond donors (Lipinski definition) is 1. The Morgan fingerprint density at radius 1 is 1.14 bits per heavy atom. The maximum Gasteiger partial charge on any atom is 0.251 e. The lowest BCUT2D eigenvalue weighted by Gasteiger charge is -2.28. The predicted molar refractivity (Wildman–Crippen MR) is 112 cm³/mol. The number of carbonyl (C=O) groups excluding carboxylic acids is 1. The summed E-state index contributed by atoms with van der Waals surface area (Å²) in [6.07, 6.45) is 1.48. The van der Waals surface area contributed by atoms with Gasteiger partial charge in [0.15, 0.2) is 0 Å². The number of hydrogen-bond acceptors (Lipinski definition) is 4. The maximum absolute atomic E-state index is 13.6. The summed E-state index contributed by atoms with van der Waals surface area (Å²) in [5.74, 6) is 0.875. The van der Waals surface area contributed by atoms with Crippen LogP contribution in [-0.4, -0.2) is 38.9 Å². The van der Waals surface area contributed by atoms with E-state index in [1.807, 2.05) is 0 Å². The average molecular weight is 423 g/mol. The van der Waals surface area contributed by atoms with Gasteiger partial charge in [0.05, 0.1) is 11.4 Å². The molecule has 1 aliphatic rings. The first-order valence-electron chi connectivity index (χ1n) is 9.17. The lowest BCUT2D eigenvalue weighted by atomic mass is 10.2. The topological polar surface area (TPSA) is 66.5 Å². The average Bonchev–Trinajstić information content (AvgIpc) is 2.68. The molecule has 1 amide bonds. The molecule has 1 fully saturated rings. The summed E-state index contributed by atoms with van der Waals surface area (Å²) in [4.78, 5) is 12.4. The third-order valence-corrected chi connectivity index (χ3v) is 7.37. The second-order valence-electron chi connectivity index (χ2n) is 6.55. The zero-order chi connectivity index (χ0) is 20.0. The molecule has 1 aliphatic heterocycles. The molecule has 8 heteroatoms. The Morgan fingerprint density at radius 2 is 1.96 bits per heavy atom. The standard InChI is InChI=1S/C20H23FN2O3S2/c21-19-9-2-1-6-17(19)15-27-12-10-22-20(24)16-7-5-8-18(14-16)23-11-3-4-13-28(23,25)26/h1-2,5-9,14H,3-4,10-13,15H2,(H,22,24). The van der Waals surface area contributed by atoms with E-state index < -0.39 is 10.0 Å². The predicted octanol–water partition coefficient (Wildman–Crippen LogP) is 3.42. The van der Waals surface area contributed by atoms with Crippen LogP contribution in [0.2, 0.25) is 0 Å². The molecule has 0 atom stereocenters. The normalized spacial score (nSPS) is 16.0. The van der Waals surface area contributed by atoms with Crippen molar-refractivity contribution >= 4 is 33.4 Å². The van der Waals surface area contributed by atoms with Crippen molar-refractivity contribution in [3.63, 3.8) is 0 Å². The van der Waals surface area contributed by atoms with E-state index in [2.05, 4.69) is 5.32 Å². The Kier molecular flexibility index (Phi) is 6.96. The number of sulfonamides is 1.